The number of anilines is 1. The van der Waals surface area contributed by atoms with Crippen LogP contribution in [-0.2, 0) is 29.6 Å². The number of aromatic nitrogens is 3. The van der Waals surface area contributed by atoms with E-state index >= 15 is 0 Å². The molecule has 1 N–H and O–H groups in total. The van der Waals surface area contributed by atoms with Crippen LogP contribution < -0.4 is 5.32 Å². The Kier molecular flexibility index (Phi) is 7.48. The molecule has 1 aromatic carbocycles. The average Bonchev–Trinajstić information content (AvgIpc) is 3.37. The van der Waals surface area contributed by atoms with E-state index in [1.165, 1.54) is 22.2 Å². The van der Waals surface area contributed by atoms with Crippen molar-refractivity contribution >= 4 is 34.0 Å². The molecule has 1 aliphatic rings. The van der Waals surface area contributed by atoms with Crippen molar-refractivity contribution in [3.05, 3.63) is 58.5 Å². The third-order valence-corrected chi connectivity index (χ3v) is 8.38. The molecule has 2 aromatic heterocycles. The number of amides is 1. The molecule has 0 aliphatic heterocycles. The Hall–Kier alpha value is -2.89. The minimum absolute atomic E-state index is 0.0766. The van der Waals surface area contributed by atoms with Crippen molar-refractivity contribution in [1.82, 2.24) is 14.8 Å². The highest BCUT2D eigenvalue weighted by Crippen LogP contribution is 2.39. The fraction of sp³-hybridized carbons (Fsp3) is 0.407. The Morgan fingerprint density at radius 3 is 2.74 bits per heavy atom. The number of hydrogen-bond donors (Lipinski definition) is 1. The molecule has 35 heavy (non-hydrogen) atoms. The highest BCUT2D eigenvalue weighted by atomic mass is 32.2. The highest BCUT2D eigenvalue weighted by Gasteiger charge is 2.25. The minimum Gasteiger partial charge on any atom is -0.316 e. The normalized spacial score (nSPS) is 15.3. The summed E-state index contributed by atoms with van der Waals surface area (Å²) in [6, 6.07) is 10.7. The Morgan fingerprint density at radius 2 is 2.09 bits per heavy atom. The van der Waals surface area contributed by atoms with Gasteiger partial charge in [0.25, 0.3) is 0 Å². The van der Waals surface area contributed by atoms with Gasteiger partial charge in [-0.2, -0.15) is 5.26 Å². The second kappa shape index (κ2) is 10.4. The van der Waals surface area contributed by atoms with Crippen molar-refractivity contribution in [2.75, 3.05) is 11.1 Å². The second-order valence-electron chi connectivity index (χ2n) is 10.0. The molecule has 0 saturated heterocycles. The zero-order valence-corrected chi connectivity index (χ0v) is 22.4. The van der Waals surface area contributed by atoms with Crippen molar-refractivity contribution in [3.8, 4) is 17.5 Å². The summed E-state index contributed by atoms with van der Waals surface area (Å²) in [5.41, 5.74) is 4.05. The largest absolute Gasteiger partial charge is 0.316 e. The van der Waals surface area contributed by atoms with Crippen LogP contribution in [0.5, 0.6) is 0 Å². The summed E-state index contributed by atoms with van der Waals surface area (Å²) in [7, 11) is 0. The molecule has 2 heterocycles. The lowest BCUT2D eigenvalue weighted by atomic mass is 9.87. The zero-order valence-electron chi connectivity index (χ0n) is 20.7. The summed E-state index contributed by atoms with van der Waals surface area (Å²) in [5, 5.41) is 22.8. The summed E-state index contributed by atoms with van der Waals surface area (Å²) in [6.07, 6.45) is 4.77. The number of rotatable bonds is 7. The first-order valence-corrected chi connectivity index (χ1v) is 13.6. The van der Waals surface area contributed by atoms with E-state index in [9.17, 15) is 10.1 Å². The van der Waals surface area contributed by atoms with Gasteiger partial charge in [0.15, 0.2) is 11.0 Å². The fourth-order valence-electron chi connectivity index (χ4n) is 4.27. The Morgan fingerprint density at radius 1 is 1.34 bits per heavy atom. The molecule has 1 unspecified atom stereocenters. The number of thioether (sulfide) groups is 1. The summed E-state index contributed by atoms with van der Waals surface area (Å²) >= 11 is 2.88. The van der Waals surface area contributed by atoms with Gasteiger partial charge in [0, 0.05) is 17.0 Å². The topological polar surface area (TPSA) is 83.6 Å². The quantitative estimate of drug-likeness (QED) is 0.304. The van der Waals surface area contributed by atoms with Gasteiger partial charge in [-0.1, -0.05) is 69.8 Å². The van der Waals surface area contributed by atoms with E-state index in [1.807, 2.05) is 4.57 Å². The first-order valence-electron chi connectivity index (χ1n) is 11.8. The molecule has 4 rings (SSSR count). The zero-order chi connectivity index (χ0) is 25.2. The van der Waals surface area contributed by atoms with Crippen LogP contribution in [0.4, 0.5) is 5.00 Å². The van der Waals surface area contributed by atoms with Crippen molar-refractivity contribution in [2.45, 2.75) is 64.1 Å². The minimum atomic E-state index is -0.151. The van der Waals surface area contributed by atoms with Gasteiger partial charge < -0.3 is 5.32 Å². The van der Waals surface area contributed by atoms with E-state index in [1.54, 1.807) is 17.4 Å². The van der Waals surface area contributed by atoms with Crippen molar-refractivity contribution in [2.24, 2.45) is 5.92 Å². The monoisotopic (exact) mass is 505 g/mol. The number of allylic oxidation sites excluding steroid dienone is 1. The first-order chi connectivity index (χ1) is 16.7. The maximum absolute atomic E-state index is 12.8. The lowest BCUT2D eigenvalue weighted by Gasteiger charge is -2.19. The molecule has 1 atom stereocenters. The summed E-state index contributed by atoms with van der Waals surface area (Å²) in [6.45, 7) is 13.2. The van der Waals surface area contributed by atoms with Crippen LogP contribution in [0, 0.1) is 17.2 Å². The molecule has 6 nitrogen and oxygen atoms in total. The molecular weight excluding hydrogens is 474 g/mol. The van der Waals surface area contributed by atoms with E-state index in [0.717, 1.165) is 36.2 Å². The Bertz CT molecular complexity index is 1270. The van der Waals surface area contributed by atoms with Crippen molar-refractivity contribution < 1.29 is 4.79 Å². The lowest BCUT2D eigenvalue weighted by Crippen LogP contribution is -2.15. The molecule has 1 amide bonds. The van der Waals surface area contributed by atoms with Crippen LogP contribution in [0.3, 0.4) is 0 Å². The molecule has 1 aliphatic carbocycles. The molecule has 0 spiro atoms. The fourth-order valence-corrected chi connectivity index (χ4v) is 6.40. The van der Waals surface area contributed by atoms with Crippen LogP contribution in [0.2, 0.25) is 0 Å². The van der Waals surface area contributed by atoms with Crippen LogP contribution in [0.1, 0.15) is 55.7 Å². The lowest BCUT2D eigenvalue weighted by molar-refractivity contribution is -0.113. The van der Waals surface area contributed by atoms with Crippen LogP contribution in [0.15, 0.2) is 42.1 Å². The Labute approximate surface area is 215 Å². The molecule has 182 valence electrons. The van der Waals surface area contributed by atoms with Gasteiger partial charge in [-0.15, -0.1) is 28.1 Å². The van der Waals surface area contributed by atoms with Gasteiger partial charge in [0.2, 0.25) is 5.91 Å². The third-order valence-electron chi connectivity index (χ3n) is 6.25. The smallest absolute Gasteiger partial charge is 0.235 e. The van der Waals surface area contributed by atoms with Gasteiger partial charge in [-0.3, -0.25) is 9.36 Å². The predicted molar refractivity (Wildman–Crippen MR) is 144 cm³/mol. The molecule has 3 aromatic rings. The second-order valence-corrected chi connectivity index (χ2v) is 12.1. The Balaban J connectivity index is 1.48. The van der Waals surface area contributed by atoms with Gasteiger partial charge in [-0.25, -0.2) is 0 Å². The van der Waals surface area contributed by atoms with Crippen LogP contribution in [-0.4, -0.2) is 26.4 Å². The van der Waals surface area contributed by atoms with Gasteiger partial charge in [-0.05, 0) is 41.7 Å². The number of nitriles is 1. The molecule has 0 saturated carbocycles. The number of nitrogens with one attached hydrogen (secondary N) is 1. The van der Waals surface area contributed by atoms with Crippen LogP contribution >= 0.6 is 23.1 Å². The number of benzene rings is 1. The standard InChI is InChI=1S/C27H31N5OS2/c1-6-13-32-24(18-8-10-19(11-9-18)27(3,4)5)30-31-26(32)34-16-23(33)29-25-21(15-28)20-12-7-17(2)14-22(20)35-25/h6,8-11,17H,1,7,12-14,16H2,2-5H3,(H,29,33). The maximum atomic E-state index is 12.8. The van der Waals surface area contributed by atoms with E-state index < -0.39 is 0 Å². The molecule has 0 radical (unpaired) electrons. The number of fused-ring (bicyclic) bond motifs is 1. The summed E-state index contributed by atoms with van der Waals surface area (Å²) < 4.78 is 1.98. The van der Waals surface area contributed by atoms with Gasteiger partial charge >= 0.3 is 0 Å². The number of hydrogen-bond acceptors (Lipinski definition) is 6. The molecular formula is C27H31N5OS2. The molecule has 0 bridgehead atoms. The molecule has 0 fully saturated rings. The average molecular weight is 506 g/mol. The molecule has 8 heteroatoms. The van der Waals surface area contributed by atoms with E-state index in [0.29, 0.717) is 28.2 Å². The van der Waals surface area contributed by atoms with E-state index in [4.69, 9.17) is 0 Å². The van der Waals surface area contributed by atoms with Crippen molar-refractivity contribution in [1.29, 1.82) is 5.26 Å². The summed E-state index contributed by atoms with van der Waals surface area (Å²) in [4.78, 5) is 14.0. The van der Waals surface area contributed by atoms with Gasteiger partial charge in [0.05, 0.1) is 11.3 Å². The predicted octanol–water partition coefficient (Wildman–Crippen LogP) is 6.22. The maximum Gasteiger partial charge on any atom is 0.235 e. The first kappa shape index (κ1) is 25.2. The van der Waals surface area contributed by atoms with E-state index in [2.05, 4.69) is 80.1 Å². The number of nitrogens with zero attached hydrogens (tertiary/aromatic N) is 4. The van der Waals surface area contributed by atoms with Crippen LogP contribution in [0.25, 0.3) is 11.4 Å². The number of carbonyl (C=O) groups is 1. The van der Waals surface area contributed by atoms with E-state index in [-0.39, 0.29) is 17.1 Å². The highest BCUT2D eigenvalue weighted by molar-refractivity contribution is 7.99. The van der Waals surface area contributed by atoms with Crippen molar-refractivity contribution in [3.63, 3.8) is 0 Å². The number of thiophene rings is 1. The number of carbonyl (C=O) groups excluding carboxylic acids is 1. The summed E-state index contributed by atoms with van der Waals surface area (Å²) in [5.74, 6) is 1.39. The third kappa shape index (κ3) is 5.52. The van der Waals surface area contributed by atoms with Gasteiger partial charge in [0.1, 0.15) is 11.1 Å². The SMILES string of the molecule is C=CCn1c(SCC(=O)Nc2sc3c(c2C#N)CCC(C)C3)nnc1-c1ccc(C(C)(C)C)cc1.